The molecule has 1 aliphatic rings. The Hall–Kier alpha value is -0.380. The van der Waals surface area contributed by atoms with E-state index in [1.54, 1.807) is 0 Å². The molecule has 1 atom stereocenters. The van der Waals surface area contributed by atoms with Gasteiger partial charge in [0.25, 0.3) is 0 Å². The average molecular weight is 267 g/mol. The molecule has 0 aliphatic heterocycles. The van der Waals surface area contributed by atoms with E-state index in [4.69, 9.17) is 4.74 Å². The van der Waals surface area contributed by atoms with Gasteiger partial charge in [-0.3, -0.25) is 0 Å². The number of hydrogen-bond donors (Lipinski definition) is 1. The predicted octanol–water partition coefficient (Wildman–Crippen LogP) is 4.06. The van der Waals surface area contributed by atoms with Crippen molar-refractivity contribution in [2.45, 2.75) is 57.6 Å². The molecule has 1 fully saturated rings. The quantitative estimate of drug-likeness (QED) is 0.804. The highest BCUT2D eigenvalue weighted by Crippen LogP contribution is 2.42. The molecule has 1 aromatic rings. The number of ether oxygens (including phenoxy) is 1. The lowest BCUT2D eigenvalue weighted by molar-refractivity contribution is -0.0838. The van der Waals surface area contributed by atoms with Gasteiger partial charge in [-0.25, -0.2) is 0 Å². The molecule has 1 N–H and O–H groups in total. The molecular weight excluding hydrogens is 242 g/mol. The first kappa shape index (κ1) is 14.0. The predicted molar refractivity (Wildman–Crippen MR) is 78.3 cm³/mol. The Labute approximate surface area is 115 Å². The molecule has 102 valence electrons. The molecule has 0 radical (unpaired) electrons. The molecule has 2 rings (SSSR count). The van der Waals surface area contributed by atoms with Gasteiger partial charge in [0.05, 0.1) is 5.60 Å². The summed E-state index contributed by atoms with van der Waals surface area (Å²) in [6.07, 6.45) is 6.05. The minimum Gasteiger partial charge on any atom is -0.378 e. The van der Waals surface area contributed by atoms with Crippen LogP contribution in [0.5, 0.6) is 0 Å². The zero-order valence-electron chi connectivity index (χ0n) is 11.8. The average Bonchev–Trinajstić information content (AvgIpc) is 2.74. The second kappa shape index (κ2) is 6.18. The molecule has 1 aliphatic carbocycles. The van der Waals surface area contributed by atoms with Crippen molar-refractivity contribution in [3.63, 3.8) is 0 Å². The molecule has 0 bridgehead atoms. The zero-order chi connectivity index (χ0) is 13.0. The standard InChI is InChI=1S/C15H25NOS/c1-4-9-16-14(13-6-10-18-12(13)2)11-15(17-3)7-5-8-15/h6,10,14,16H,4-5,7-9,11H2,1-3H3. The molecule has 0 amide bonds. The summed E-state index contributed by atoms with van der Waals surface area (Å²) in [7, 11) is 1.87. The van der Waals surface area contributed by atoms with Crippen LogP contribution in [0.15, 0.2) is 11.4 Å². The fourth-order valence-corrected chi connectivity index (χ4v) is 3.57. The van der Waals surface area contributed by atoms with E-state index in [1.165, 1.54) is 36.1 Å². The van der Waals surface area contributed by atoms with Gasteiger partial charge in [-0.05, 0) is 62.6 Å². The maximum absolute atomic E-state index is 5.79. The Bertz CT molecular complexity index is 365. The van der Waals surface area contributed by atoms with Crippen LogP contribution in [0.3, 0.4) is 0 Å². The summed E-state index contributed by atoms with van der Waals surface area (Å²) in [6, 6.07) is 2.73. The zero-order valence-corrected chi connectivity index (χ0v) is 12.6. The summed E-state index contributed by atoms with van der Waals surface area (Å²) in [5.41, 5.74) is 1.61. The van der Waals surface area contributed by atoms with Gasteiger partial charge in [0.1, 0.15) is 0 Å². The van der Waals surface area contributed by atoms with Crippen LogP contribution in [0.4, 0.5) is 0 Å². The third-order valence-corrected chi connectivity index (χ3v) is 5.05. The van der Waals surface area contributed by atoms with Crippen LogP contribution in [-0.2, 0) is 4.74 Å². The number of thiophene rings is 1. The van der Waals surface area contributed by atoms with Gasteiger partial charge in [0.2, 0.25) is 0 Å². The molecule has 1 aromatic heterocycles. The van der Waals surface area contributed by atoms with Crippen LogP contribution in [-0.4, -0.2) is 19.3 Å². The fourth-order valence-electron chi connectivity index (χ4n) is 2.80. The number of nitrogens with one attached hydrogen (secondary N) is 1. The molecule has 1 saturated carbocycles. The van der Waals surface area contributed by atoms with Crippen LogP contribution >= 0.6 is 11.3 Å². The molecular formula is C15H25NOS. The third kappa shape index (κ3) is 2.95. The van der Waals surface area contributed by atoms with Crippen molar-refractivity contribution in [1.29, 1.82) is 0 Å². The molecule has 0 aromatic carbocycles. The highest BCUT2D eigenvalue weighted by atomic mass is 32.1. The first-order valence-electron chi connectivity index (χ1n) is 7.03. The van der Waals surface area contributed by atoms with Crippen LogP contribution < -0.4 is 5.32 Å². The van der Waals surface area contributed by atoms with E-state index < -0.39 is 0 Å². The lowest BCUT2D eigenvalue weighted by Gasteiger charge is -2.43. The molecule has 18 heavy (non-hydrogen) atoms. The lowest BCUT2D eigenvalue weighted by atomic mass is 9.74. The van der Waals surface area contributed by atoms with E-state index in [0.29, 0.717) is 6.04 Å². The lowest BCUT2D eigenvalue weighted by Crippen LogP contribution is -2.43. The summed E-state index contributed by atoms with van der Waals surface area (Å²) in [4.78, 5) is 1.44. The first-order chi connectivity index (χ1) is 8.71. The fraction of sp³-hybridized carbons (Fsp3) is 0.733. The van der Waals surface area contributed by atoms with Crippen molar-refractivity contribution >= 4 is 11.3 Å². The van der Waals surface area contributed by atoms with Crippen molar-refractivity contribution in [3.05, 3.63) is 21.9 Å². The highest BCUT2D eigenvalue weighted by Gasteiger charge is 2.39. The Morgan fingerprint density at radius 2 is 2.28 bits per heavy atom. The van der Waals surface area contributed by atoms with Gasteiger partial charge in [-0.1, -0.05) is 6.92 Å². The summed E-state index contributed by atoms with van der Waals surface area (Å²) < 4.78 is 5.79. The minimum absolute atomic E-state index is 0.139. The van der Waals surface area contributed by atoms with Crippen molar-refractivity contribution < 1.29 is 4.74 Å². The Kier molecular flexibility index (Phi) is 4.82. The highest BCUT2D eigenvalue weighted by molar-refractivity contribution is 7.10. The molecule has 0 saturated heterocycles. The summed E-state index contributed by atoms with van der Waals surface area (Å²) in [5.74, 6) is 0. The van der Waals surface area contributed by atoms with Crippen molar-refractivity contribution in [3.8, 4) is 0 Å². The Morgan fingerprint density at radius 3 is 2.72 bits per heavy atom. The molecule has 1 heterocycles. The van der Waals surface area contributed by atoms with Crippen molar-refractivity contribution in [2.24, 2.45) is 0 Å². The van der Waals surface area contributed by atoms with E-state index in [9.17, 15) is 0 Å². The van der Waals surface area contributed by atoms with Crippen molar-refractivity contribution in [1.82, 2.24) is 5.32 Å². The van der Waals surface area contributed by atoms with Gasteiger partial charge in [-0.2, -0.15) is 0 Å². The van der Waals surface area contributed by atoms with Crippen LogP contribution in [0, 0.1) is 6.92 Å². The Balaban J connectivity index is 2.08. The number of hydrogen-bond acceptors (Lipinski definition) is 3. The normalized spacial score (nSPS) is 19.5. The van der Waals surface area contributed by atoms with E-state index in [2.05, 4.69) is 30.6 Å². The van der Waals surface area contributed by atoms with Gasteiger partial charge >= 0.3 is 0 Å². The van der Waals surface area contributed by atoms with Gasteiger partial charge < -0.3 is 10.1 Å². The number of aryl methyl sites for hydroxylation is 1. The third-order valence-electron chi connectivity index (χ3n) is 4.19. The second-order valence-electron chi connectivity index (χ2n) is 5.38. The minimum atomic E-state index is 0.139. The van der Waals surface area contributed by atoms with E-state index in [-0.39, 0.29) is 5.60 Å². The largest absolute Gasteiger partial charge is 0.378 e. The smallest absolute Gasteiger partial charge is 0.0697 e. The van der Waals surface area contributed by atoms with E-state index in [0.717, 1.165) is 13.0 Å². The van der Waals surface area contributed by atoms with E-state index in [1.807, 2.05) is 18.4 Å². The van der Waals surface area contributed by atoms with Crippen LogP contribution in [0.25, 0.3) is 0 Å². The van der Waals surface area contributed by atoms with Crippen LogP contribution in [0.2, 0.25) is 0 Å². The maximum atomic E-state index is 5.79. The monoisotopic (exact) mass is 267 g/mol. The second-order valence-corrected chi connectivity index (χ2v) is 6.50. The molecule has 0 spiro atoms. The number of rotatable bonds is 7. The molecule has 2 nitrogen and oxygen atoms in total. The van der Waals surface area contributed by atoms with E-state index >= 15 is 0 Å². The van der Waals surface area contributed by atoms with Crippen molar-refractivity contribution in [2.75, 3.05) is 13.7 Å². The van der Waals surface area contributed by atoms with Crippen LogP contribution in [0.1, 0.15) is 55.5 Å². The number of methoxy groups -OCH3 is 1. The molecule has 1 unspecified atom stereocenters. The first-order valence-corrected chi connectivity index (χ1v) is 7.91. The SMILES string of the molecule is CCCNC(CC1(OC)CCC1)c1ccsc1C. The van der Waals surface area contributed by atoms with Gasteiger partial charge in [0.15, 0.2) is 0 Å². The van der Waals surface area contributed by atoms with Gasteiger partial charge in [-0.15, -0.1) is 11.3 Å². The Morgan fingerprint density at radius 1 is 1.50 bits per heavy atom. The molecule has 3 heteroatoms. The topological polar surface area (TPSA) is 21.3 Å². The van der Waals surface area contributed by atoms with Gasteiger partial charge in [0, 0.05) is 18.0 Å². The summed E-state index contributed by atoms with van der Waals surface area (Å²) in [6.45, 7) is 5.53. The maximum Gasteiger partial charge on any atom is 0.0697 e. The summed E-state index contributed by atoms with van der Waals surface area (Å²) >= 11 is 1.84. The summed E-state index contributed by atoms with van der Waals surface area (Å²) in [5, 5.41) is 5.90.